The van der Waals surface area contributed by atoms with Gasteiger partial charge in [-0.15, -0.1) is 0 Å². The van der Waals surface area contributed by atoms with Gasteiger partial charge in [0.25, 0.3) is 0 Å². The molecule has 0 amide bonds. The minimum absolute atomic E-state index is 0.133. The first-order valence-electron chi connectivity index (χ1n) is 12.5. The number of nitrogens with zero attached hydrogens (tertiary/aromatic N) is 1. The first-order valence-corrected chi connectivity index (χ1v) is 13.7. The van der Waals surface area contributed by atoms with Crippen LogP contribution in [0.15, 0.2) is 63.4 Å². The molecule has 0 spiro atoms. The first-order chi connectivity index (χ1) is 17.4. The first kappa shape index (κ1) is 25.1. The fourth-order valence-electron chi connectivity index (χ4n) is 5.63. The molecule has 0 unspecified atom stereocenters. The number of hydrogen-bond donors (Lipinski definition) is 0. The van der Waals surface area contributed by atoms with Crippen LogP contribution in [-0.4, -0.2) is 30.1 Å². The van der Waals surface area contributed by atoms with Gasteiger partial charge < -0.3 is 14.4 Å². The van der Waals surface area contributed by atoms with Crippen molar-refractivity contribution in [3.8, 4) is 11.5 Å². The van der Waals surface area contributed by atoms with Crippen molar-refractivity contribution < 1.29 is 19.1 Å². The highest BCUT2D eigenvalue weighted by molar-refractivity contribution is 9.10. The van der Waals surface area contributed by atoms with Gasteiger partial charge in [-0.1, -0.05) is 23.7 Å². The predicted octanol–water partition coefficient (Wildman–Crippen LogP) is 7.12. The van der Waals surface area contributed by atoms with E-state index in [-0.39, 0.29) is 17.5 Å². The number of ketones is 2. The summed E-state index contributed by atoms with van der Waals surface area (Å²) >= 11 is 9.83. The Morgan fingerprint density at radius 2 is 1.64 bits per heavy atom. The van der Waals surface area contributed by atoms with E-state index < -0.39 is 0 Å². The van der Waals surface area contributed by atoms with E-state index in [4.69, 9.17) is 21.1 Å². The molecule has 0 saturated carbocycles. The van der Waals surface area contributed by atoms with E-state index in [9.17, 15) is 9.59 Å². The summed E-state index contributed by atoms with van der Waals surface area (Å²) < 4.78 is 12.9. The van der Waals surface area contributed by atoms with Crippen molar-refractivity contribution in [2.24, 2.45) is 0 Å². The summed E-state index contributed by atoms with van der Waals surface area (Å²) in [5, 5.41) is 0.653. The molecular weight excluding hydrogens is 542 g/mol. The Hall–Kier alpha value is -2.57. The molecule has 5 nitrogen and oxygen atoms in total. The minimum Gasteiger partial charge on any atom is -0.490 e. The Bertz CT molecular complexity index is 1250. The molecular formula is C29H29BrClNO4. The number of allylic oxidation sites excluding steroid dienone is 4. The molecule has 2 aliphatic carbocycles. The van der Waals surface area contributed by atoms with Crippen molar-refractivity contribution in [3.63, 3.8) is 0 Å². The molecule has 7 heteroatoms. The lowest BCUT2D eigenvalue weighted by atomic mass is 9.71. The van der Waals surface area contributed by atoms with Gasteiger partial charge in [0, 0.05) is 53.4 Å². The van der Waals surface area contributed by atoms with Gasteiger partial charge in [-0.3, -0.25) is 9.59 Å². The summed E-state index contributed by atoms with van der Waals surface area (Å²) in [6.45, 7) is 2.71. The van der Waals surface area contributed by atoms with Crippen LogP contribution in [0.1, 0.15) is 62.5 Å². The van der Waals surface area contributed by atoms with Crippen molar-refractivity contribution in [2.45, 2.75) is 58.0 Å². The zero-order chi connectivity index (χ0) is 25.4. The summed E-state index contributed by atoms with van der Waals surface area (Å²) in [6, 6.07) is 11.5. The average molecular weight is 571 g/mol. The number of carbonyl (C=O) groups excluding carboxylic acids is 2. The lowest BCUT2D eigenvalue weighted by Crippen LogP contribution is -2.37. The van der Waals surface area contributed by atoms with Crippen molar-refractivity contribution >= 4 is 39.1 Å². The monoisotopic (exact) mass is 569 g/mol. The van der Waals surface area contributed by atoms with Crippen LogP contribution in [-0.2, 0) is 16.2 Å². The highest BCUT2D eigenvalue weighted by Gasteiger charge is 2.42. The van der Waals surface area contributed by atoms with Crippen molar-refractivity contribution in [1.29, 1.82) is 0 Å². The Morgan fingerprint density at radius 3 is 2.25 bits per heavy atom. The van der Waals surface area contributed by atoms with Gasteiger partial charge in [-0.25, -0.2) is 0 Å². The van der Waals surface area contributed by atoms with Crippen molar-refractivity contribution in [1.82, 2.24) is 4.90 Å². The molecule has 2 aromatic carbocycles. The van der Waals surface area contributed by atoms with E-state index in [0.717, 1.165) is 63.8 Å². The van der Waals surface area contributed by atoms with Gasteiger partial charge in [0.1, 0.15) is 6.61 Å². The van der Waals surface area contributed by atoms with E-state index in [1.165, 1.54) is 0 Å². The molecule has 0 radical (unpaired) electrons. The topological polar surface area (TPSA) is 55.8 Å². The Kier molecular flexibility index (Phi) is 7.27. The number of hydrogen-bond acceptors (Lipinski definition) is 5. The maximum Gasteiger partial charge on any atom is 0.175 e. The van der Waals surface area contributed by atoms with Gasteiger partial charge in [0.05, 0.1) is 11.1 Å². The fourth-order valence-corrected chi connectivity index (χ4v) is 6.41. The molecule has 36 heavy (non-hydrogen) atoms. The van der Waals surface area contributed by atoms with Crippen molar-refractivity contribution in [2.75, 3.05) is 13.7 Å². The normalized spacial score (nSPS) is 18.4. The molecule has 0 fully saturated rings. The third-order valence-electron chi connectivity index (χ3n) is 7.18. The largest absolute Gasteiger partial charge is 0.490 e. The lowest BCUT2D eigenvalue weighted by molar-refractivity contribution is -0.117. The second-order valence-electron chi connectivity index (χ2n) is 9.45. The molecule has 1 aliphatic heterocycles. The van der Waals surface area contributed by atoms with Crippen LogP contribution in [0.2, 0.25) is 5.02 Å². The summed E-state index contributed by atoms with van der Waals surface area (Å²) in [5.41, 5.74) is 5.46. The molecule has 2 aromatic rings. The summed E-state index contributed by atoms with van der Waals surface area (Å²) in [6.07, 6.45) is 4.41. The SMILES string of the molecule is CCOc1cc(C2C3=C(CCCC3=O)N(C)C3=C2C(=O)CCC3)cc(Br)c1OCc1cccc(Cl)c1. The van der Waals surface area contributed by atoms with Crippen LogP contribution >= 0.6 is 27.5 Å². The standard InChI is InChI=1S/C29H29BrClNO4/c1-3-35-25-15-18(14-20(30)29(25)36-16-17-7-4-8-19(31)13-17)26-27-21(9-5-11-23(27)33)32(2)22-10-6-12-24(34)28(22)26/h4,7-8,13-15,26H,3,5-6,9-12,16H2,1-2H3. The molecule has 0 N–H and O–H groups in total. The second-order valence-corrected chi connectivity index (χ2v) is 10.7. The summed E-state index contributed by atoms with van der Waals surface area (Å²) in [4.78, 5) is 28.7. The number of halogens is 2. The molecule has 0 atom stereocenters. The number of rotatable bonds is 6. The van der Waals surface area contributed by atoms with Crippen LogP contribution in [0, 0.1) is 0 Å². The number of ether oxygens (including phenoxy) is 2. The van der Waals surface area contributed by atoms with Crippen LogP contribution in [0.3, 0.4) is 0 Å². The maximum absolute atomic E-state index is 13.3. The molecule has 188 valence electrons. The molecule has 5 rings (SSSR count). The molecule has 1 heterocycles. The quantitative estimate of drug-likeness (QED) is 0.370. The molecule has 0 saturated heterocycles. The Morgan fingerprint density at radius 1 is 0.972 bits per heavy atom. The fraction of sp³-hybridized carbons (Fsp3) is 0.379. The van der Waals surface area contributed by atoms with E-state index in [1.807, 2.05) is 50.4 Å². The Labute approximate surface area is 225 Å². The predicted molar refractivity (Wildman–Crippen MR) is 143 cm³/mol. The highest BCUT2D eigenvalue weighted by Crippen LogP contribution is 2.50. The van der Waals surface area contributed by atoms with Crippen LogP contribution in [0.4, 0.5) is 0 Å². The number of benzene rings is 2. The lowest BCUT2D eigenvalue weighted by Gasteiger charge is -2.42. The van der Waals surface area contributed by atoms with E-state index in [0.29, 0.717) is 42.6 Å². The van der Waals surface area contributed by atoms with E-state index in [1.54, 1.807) is 0 Å². The molecule has 3 aliphatic rings. The Balaban J connectivity index is 1.60. The van der Waals surface area contributed by atoms with E-state index in [2.05, 4.69) is 20.8 Å². The summed E-state index contributed by atoms with van der Waals surface area (Å²) in [5.74, 6) is 1.05. The van der Waals surface area contributed by atoms with Gasteiger partial charge in [-0.2, -0.15) is 0 Å². The minimum atomic E-state index is -0.385. The maximum atomic E-state index is 13.3. The van der Waals surface area contributed by atoms with Crippen LogP contribution in [0.5, 0.6) is 11.5 Å². The van der Waals surface area contributed by atoms with Crippen molar-refractivity contribution in [3.05, 3.63) is 79.6 Å². The van der Waals surface area contributed by atoms with Gasteiger partial charge in [0.2, 0.25) is 0 Å². The summed E-state index contributed by atoms with van der Waals surface area (Å²) in [7, 11) is 2.01. The van der Waals surface area contributed by atoms with Gasteiger partial charge >= 0.3 is 0 Å². The molecule has 0 aromatic heterocycles. The second kappa shape index (κ2) is 10.4. The third-order valence-corrected chi connectivity index (χ3v) is 8.01. The third kappa shape index (κ3) is 4.61. The number of carbonyl (C=O) groups is 2. The average Bonchev–Trinajstić information content (AvgIpc) is 2.85. The van der Waals surface area contributed by atoms with E-state index >= 15 is 0 Å². The van der Waals surface area contributed by atoms with Crippen LogP contribution < -0.4 is 9.47 Å². The van der Waals surface area contributed by atoms with Gasteiger partial charge in [0.15, 0.2) is 23.1 Å². The van der Waals surface area contributed by atoms with Gasteiger partial charge in [-0.05, 0) is 83.9 Å². The zero-order valence-electron chi connectivity index (χ0n) is 20.5. The molecule has 0 bridgehead atoms. The smallest absolute Gasteiger partial charge is 0.175 e. The van der Waals surface area contributed by atoms with Crippen LogP contribution in [0.25, 0.3) is 0 Å². The highest BCUT2D eigenvalue weighted by atomic mass is 79.9. The zero-order valence-corrected chi connectivity index (χ0v) is 22.9. The number of Topliss-reactive ketones (excluding diaryl/α,β-unsaturated/α-hetero) is 2.